The van der Waals surface area contributed by atoms with E-state index in [2.05, 4.69) is 29.4 Å². The topological polar surface area (TPSA) is 73.9 Å². The zero-order valence-electron chi connectivity index (χ0n) is 17.5. The number of rotatable bonds is 9. The molecule has 28 heavy (non-hydrogen) atoms. The van der Waals surface area contributed by atoms with E-state index in [0.717, 1.165) is 31.8 Å². The number of nitrogens with zero attached hydrogens (tertiary/aromatic N) is 2. The molecule has 1 aromatic carbocycles. The number of amides is 2. The van der Waals surface area contributed by atoms with Crippen molar-refractivity contribution in [3.63, 3.8) is 0 Å². The van der Waals surface area contributed by atoms with Crippen LogP contribution in [0.5, 0.6) is 0 Å². The molecule has 0 aliphatic carbocycles. The summed E-state index contributed by atoms with van der Waals surface area (Å²) in [6.07, 6.45) is 0.0546. The standard InChI is InChI=1S/C21H34N4O3/c1-16(2)12-25-9-10-28-19(14-25)11-23-20(26)15-24(4)13-17-5-7-18(8-6-17)21(27)22-3/h5-8,16,19H,9-15H2,1-4H3,(H,22,27)(H,23,26). The fourth-order valence-electron chi connectivity index (χ4n) is 3.39. The number of morpholine rings is 1. The molecule has 1 saturated heterocycles. The first-order valence-corrected chi connectivity index (χ1v) is 9.97. The van der Waals surface area contributed by atoms with Crippen LogP contribution in [0, 0.1) is 5.92 Å². The second kappa shape index (κ2) is 11.1. The highest BCUT2D eigenvalue weighted by Gasteiger charge is 2.21. The van der Waals surface area contributed by atoms with Gasteiger partial charge in [0.15, 0.2) is 0 Å². The molecule has 2 rings (SSSR count). The summed E-state index contributed by atoms with van der Waals surface area (Å²) in [7, 11) is 3.52. The van der Waals surface area contributed by atoms with Gasteiger partial charge in [0, 0.05) is 45.3 Å². The van der Waals surface area contributed by atoms with Gasteiger partial charge in [0.2, 0.25) is 5.91 Å². The second-order valence-corrected chi connectivity index (χ2v) is 7.90. The Labute approximate surface area is 168 Å². The van der Waals surface area contributed by atoms with E-state index in [1.54, 1.807) is 19.2 Å². The van der Waals surface area contributed by atoms with Crippen LogP contribution in [0.25, 0.3) is 0 Å². The lowest BCUT2D eigenvalue weighted by Crippen LogP contribution is -2.49. The first-order chi connectivity index (χ1) is 13.4. The number of likely N-dealkylation sites (N-methyl/N-ethyl adjacent to an activating group) is 1. The van der Waals surface area contributed by atoms with Crippen molar-refractivity contribution in [3.8, 4) is 0 Å². The van der Waals surface area contributed by atoms with Gasteiger partial charge < -0.3 is 15.4 Å². The summed E-state index contributed by atoms with van der Waals surface area (Å²) < 4.78 is 5.78. The maximum Gasteiger partial charge on any atom is 0.251 e. The number of hydrogen-bond donors (Lipinski definition) is 2. The van der Waals surface area contributed by atoms with Crippen LogP contribution in [0.2, 0.25) is 0 Å². The molecule has 1 aromatic rings. The van der Waals surface area contributed by atoms with Crippen LogP contribution >= 0.6 is 0 Å². The predicted octanol–water partition coefficient (Wildman–Crippen LogP) is 0.951. The van der Waals surface area contributed by atoms with Crippen LogP contribution in [0.3, 0.4) is 0 Å². The van der Waals surface area contributed by atoms with Gasteiger partial charge in [0.1, 0.15) is 0 Å². The summed E-state index contributed by atoms with van der Waals surface area (Å²) in [5.74, 6) is 0.526. The number of benzene rings is 1. The first-order valence-electron chi connectivity index (χ1n) is 9.97. The Kier molecular flexibility index (Phi) is 8.89. The van der Waals surface area contributed by atoms with Crippen molar-refractivity contribution in [2.75, 3.05) is 53.4 Å². The second-order valence-electron chi connectivity index (χ2n) is 7.90. The van der Waals surface area contributed by atoms with Crippen molar-refractivity contribution in [2.24, 2.45) is 5.92 Å². The van der Waals surface area contributed by atoms with Crippen molar-refractivity contribution < 1.29 is 14.3 Å². The molecule has 0 saturated carbocycles. The average Bonchev–Trinajstić information content (AvgIpc) is 2.66. The van der Waals surface area contributed by atoms with E-state index in [1.165, 1.54) is 0 Å². The molecule has 0 spiro atoms. The molecule has 1 heterocycles. The third-order valence-corrected chi connectivity index (χ3v) is 4.68. The monoisotopic (exact) mass is 390 g/mol. The smallest absolute Gasteiger partial charge is 0.251 e. The van der Waals surface area contributed by atoms with Gasteiger partial charge in [-0.25, -0.2) is 0 Å². The van der Waals surface area contributed by atoms with E-state index >= 15 is 0 Å². The van der Waals surface area contributed by atoms with E-state index in [0.29, 0.717) is 31.1 Å². The molecule has 7 nitrogen and oxygen atoms in total. The normalized spacial score (nSPS) is 17.7. The van der Waals surface area contributed by atoms with Crippen molar-refractivity contribution in [1.82, 2.24) is 20.4 Å². The molecular weight excluding hydrogens is 356 g/mol. The van der Waals surface area contributed by atoms with Gasteiger partial charge in [-0.2, -0.15) is 0 Å². The Balaban J connectivity index is 1.71. The highest BCUT2D eigenvalue weighted by molar-refractivity contribution is 5.93. The molecule has 7 heteroatoms. The number of ether oxygens (including phenoxy) is 1. The fourth-order valence-corrected chi connectivity index (χ4v) is 3.39. The number of carbonyl (C=O) groups excluding carboxylic acids is 2. The number of hydrogen-bond acceptors (Lipinski definition) is 5. The van der Waals surface area contributed by atoms with Crippen LogP contribution in [0.4, 0.5) is 0 Å². The quantitative estimate of drug-likeness (QED) is 0.657. The molecule has 1 aliphatic rings. The van der Waals surface area contributed by atoms with Gasteiger partial charge in [0.05, 0.1) is 19.3 Å². The molecule has 1 aliphatic heterocycles. The van der Waals surface area contributed by atoms with E-state index in [9.17, 15) is 9.59 Å². The van der Waals surface area contributed by atoms with Crippen LogP contribution in [0.1, 0.15) is 29.8 Å². The molecule has 2 N–H and O–H groups in total. The minimum Gasteiger partial charge on any atom is -0.374 e. The molecule has 0 bridgehead atoms. The van der Waals surface area contributed by atoms with Gasteiger partial charge >= 0.3 is 0 Å². The summed E-state index contributed by atoms with van der Waals surface area (Å²) in [4.78, 5) is 28.2. The lowest BCUT2D eigenvalue weighted by molar-refractivity contribution is -0.123. The summed E-state index contributed by atoms with van der Waals surface area (Å²) in [6, 6.07) is 7.42. The van der Waals surface area contributed by atoms with Gasteiger partial charge in [-0.1, -0.05) is 26.0 Å². The maximum atomic E-state index is 12.3. The van der Waals surface area contributed by atoms with Crippen molar-refractivity contribution >= 4 is 11.8 Å². The summed E-state index contributed by atoms with van der Waals surface area (Å²) in [5.41, 5.74) is 1.69. The Morgan fingerprint density at radius 1 is 1.29 bits per heavy atom. The SMILES string of the molecule is CNC(=O)c1ccc(CN(C)CC(=O)NCC2CN(CC(C)C)CCO2)cc1. The molecule has 1 atom stereocenters. The minimum atomic E-state index is -0.101. The molecule has 1 unspecified atom stereocenters. The molecule has 1 fully saturated rings. The van der Waals surface area contributed by atoms with Gasteiger partial charge in [0.25, 0.3) is 5.91 Å². The number of nitrogens with one attached hydrogen (secondary N) is 2. The Bertz CT molecular complexity index is 633. The largest absolute Gasteiger partial charge is 0.374 e. The molecule has 2 amide bonds. The van der Waals surface area contributed by atoms with Crippen LogP contribution in [-0.4, -0.2) is 81.1 Å². The zero-order chi connectivity index (χ0) is 20.5. The molecule has 156 valence electrons. The minimum absolute atomic E-state index is 0.00550. The van der Waals surface area contributed by atoms with Crippen LogP contribution in [0.15, 0.2) is 24.3 Å². The van der Waals surface area contributed by atoms with Gasteiger partial charge in [-0.3, -0.25) is 19.4 Å². The van der Waals surface area contributed by atoms with Gasteiger partial charge in [-0.05, 0) is 30.7 Å². The molecule has 0 radical (unpaired) electrons. The Morgan fingerprint density at radius 2 is 2.00 bits per heavy atom. The van der Waals surface area contributed by atoms with E-state index in [1.807, 2.05) is 24.1 Å². The highest BCUT2D eigenvalue weighted by Crippen LogP contribution is 2.08. The van der Waals surface area contributed by atoms with E-state index < -0.39 is 0 Å². The highest BCUT2D eigenvalue weighted by atomic mass is 16.5. The van der Waals surface area contributed by atoms with Gasteiger partial charge in [-0.15, -0.1) is 0 Å². The zero-order valence-corrected chi connectivity index (χ0v) is 17.5. The Morgan fingerprint density at radius 3 is 2.64 bits per heavy atom. The third kappa shape index (κ3) is 7.58. The fraction of sp³-hybridized carbons (Fsp3) is 0.619. The average molecular weight is 391 g/mol. The maximum absolute atomic E-state index is 12.3. The predicted molar refractivity (Wildman–Crippen MR) is 110 cm³/mol. The summed E-state index contributed by atoms with van der Waals surface area (Å²) in [6.45, 7) is 9.55. The van der Waals surface area contributed by atoms with E-state index in [-0.39, 0.29) is 17.9 Å². The molecule has 0 aromatic heterocycles. The number of carbonyl (C=O) groups is 2. The van der Waals surface area contributed by atoms with Crippen molar-refractivity contribution in [3.05, 3.63) is 35.4 Å². The van der Waals surface area contributed by atoms with Crippen molar-refractivity contribution in [1.29, 1.82) is 0 Å². The lowest BCUT2D eigenvalue weighted by Gasteiger charge is -2.34. The lowest BCUT2D eigenvalue weighted by atomic mass is 10.1. The summed E-state index contributed by atoms with van der Waals surface area (Å²) in [5, 5.41) is 5.59. The van der Waals surface area contributed by atoms with E-state index in [4.69, 9.17) is 4.74 Å². The molecular formula is C21H34N4O3. The van der Waals surface area contributed by atoms with Crippen LogP contribution in [-0.2, 0) is 16.1 Å². The summed E-state index contributed by atoms with van der Waals surface area (Å²) >= 11 is 0. The third-order valence-electron chi connectivity index (χ3n) is 4.68. The van der Waals surface area contributed by atoms with Crippen molar-refractivity contribution in [2.45, 2.75) is 26.5 Å². The Hall–Kier alpha value is -1.96. The van der Waals surface area contributed by atoms with Crippen LogP contribution < -0.4 is 10.6 Å². The first kappa shape index (κ1) is 22.3.